The van der Waals surface area contributed by atoms with Gasteiger partial charge in [-0.05, 0) is 43.3 Å². The number of fused-ring (bicyclic) bond motifs is 1. The van der Waals surface area contributed by atoms with Gasteiger partial charge in [0.2, 0.25) is 0 Å². The van der Waals surface area contributed by atoms with Crippen LogP contribution in [0.5, 0.6) is 0 Å². The zero-order valence-corrected chi connectivity index (χ0v) is 15.3. The van der Waals surface area contributed by atoms with Crippen LogP contribution >= 0.6 is 0 Å². The predicted molar refractivity (Wildman–Crippen MR) is 105 cm³/mol. The zero-order valence-electron chi connectivity index (χ0n) is 15.3. The number of aromatic nitrogens is 4. The molecular weight excluding hydrogens is 376 g/mol. The highest BCUT2D eigenvalue weighted by atomic mass is 16.6. The second-order valence-electron chi connectivity index (χ2n) is 6.06. The quantitative estimate of drug-likeness (QED) is 0.292. The van der Waals surface area contributed by atoms with E-state index in [0.717, 1.165) is 5.69 Å². The SMILES string of the molecule is CCOC(=O)c1ccc(Nc2c(-c3ccc([N+](=O)[O-])cc3)nc3nc[nH]n23)cc1. The van der Waals surface area contributed by atoms with Crippen molar-refractivity contribution in [2.24, 2.45) is 0 Å². The fraction of sp³-hybridized carbons (Fsp3) is 0.105. The van der Waals surface area contributed by atoms with Gasteiger partial charge >= 0.3 is 5.97 Å². The van der Waals surface area contributed by atoms with E-state index in [4.69, 9.17) is 4.74 Å². The first-order valence-corrected chi connectivity index (χ1v) is 8.77. The lowest BCUT2D eigenvalue weighted by molar-refractivity contribution is -0.384. The summed E-state index contributed by atoms with van der Waals surface area (Å²) < 4.78 is 6.65. The number of non-ortho nitro benzene ring substituents is 1. The minimum Gasteiger partial charge on any atom is -0.462 e. The van der Waals surface area contributed by atoms with Crippen molar-refractivity contribution in [1.82, 2.24) is 19.6 Å². The Balaban J connectivity index is 1.68. The van der Waals surface area contributed by atoms with Crippen molar-refractivity contribution in [1.29, 1.82) is 0 Å². The normalized spacial score (nSPS) is 10.8. The van der Waals surface area contributed by atoms with E-state index in [0.29, 0.717) is 35.0 Å². The second-order valence-corrected chi connectivity index (χ2v) is 6.06. The number of anilines is 2. The average molecular weight is 392 g/mol. The molecule has 4 rings (SSSR count). The number of carbonyl (C=O) groups is 1. The number of ether oxygens (including phenoxy) is 1. The third kappa shape index (κ3) is 3.50. The summed E-state index contributed by atoms with van der Waals surface area (Å²) in [4.78, 5) is 30.9. The highest BCUT2D eigenvalue weighted by Crippen LogP contribution is 2.31. The number of nitro benzene ring substituents is 1. The van der Waals surface area contributed by atoms with Crippen molar-refractivity contribution < 1.29 is 14.5 Å². The number of carbonyl (C=O) groups excluding carboxylic acids is 1. The number of H-pyrrole nitrogens is 1. The Kier molecular flexibility index (Phi) is 4.65. The second kappa shape index (κ2) is 7.43. The Morgan fingerprint density at radius 2 is 1.93 bits per heavy atom. The molecule has 29 heavy (non-hydrogen) atoms. The molecule has 0 fully saturated rings. The molecule has 2 heterocycles. The van der Waals surface area contributed by atoms with Crippen LogP contribution in [0, 0.1) is 10.1 Å². The van der Waals surface area contributed by atoms with Gasteiger partial charge in [0.15, 0.2) is 5.82 Å². The number of imidazole rings is 1. The number of rotatable bonds is 6. The van der Waals surface area contributed by atoms with Crippen LogP contribution in [0.2, 0.25) is 0 Å². The molecule has 0 aliphatic rings. The number of nitrogens with one attached hydrogen (secondary N) is 2. The van der Waals surface area contributed by atoms with Gasteiger partial charge in [0, 0.05) is 23.4 Å². The van der Waals surface area contributed by atoms with Crippen molar-refractivity contribution in [3.05, 3.63) is 70.5 Å². The number of hydrogen-bond donors (Lipinski definition) is 2. The number of benzene rings is 2. The first kappa shape index (κ1) is 18.2. The Labute approximate surface area is 164 Å². The van der Waals surface area contributed by atoms with Crippen LogP contribution in [0.4, 0.5) is 17.2 Å². The van der Waals surface area contributed by atoms with Gasteiger partial charge in [0.1, 0.15) is 12.0 Å². The molecule has 0 radical (unpaired) electrons. The fourth-order valence-electron chi connectivity index (χ4n) is 2.86. The van der Waals surface area contributed by atoms with E-state index < -0.39 is 4.92 Å². The number of esters is 1. The Morgan fingerprint density at radius 1 is 1.21 bits per heavy atom. The van der Waals surface area contributed by atoms with Crippen LogP contribution in [0.15, 0.2) is 54.9 Å². The molecule has 2 N–H and O–H groups in total. The van der Waals surface area contributed by atoms with Crippen molar-refractivity contribution in [3.8, 4) is 11.3 Å². The van der Waals surface area contributed by atoms with E-state index >= 15 is 0 Å². The van der Waals surface area contributed by atoms with Crippen molar-refractivity contribution in [2.75, 3.05) is 11.9 Å². The van der Waals surface area contributed by atoms with E-state index in [1.54, 1.807) is 47.8 Å². The first-order chi connectivity index (χ1) is 14.1. The molecule has 0 amide bonds. The minimum absolute atomic E-state index is 0.000657. The van der Waals surface area contributed by atoms with Gasteiger partial charge in [0.05, 0.1) is 17.1 Å². The number of hydrogen-bond acceptors (Lipinski definition) is 7. The van der Waals surface area contributed by atoms with Gasteiger partial charge in [-0.15, -0.1) is 0 Å². The van der Waals surface area contributed by atoms with E-state index in [1.165, 1.54) is 18.5 Å². The summed E-state index contributed by atoms with van der Waals surface area (Å²) in [7, 11) is 0. The molecule has 0 saturated heterocycles. The van der Waals surface area contributed by atoms with Crippen molar-refractivity contribution in [3.63, 3.8) is 0 Å². The van der Waals surface area contributed by atoms with E-state index in [1.807, 2.05) is 0 Å². The zero-order chi connectivity index (χ0) is 20.4. The molecule has 2 aromatic carbocycles. The maximum Gasteiger partial charge on any atom is 0.338 e. The summed E-state index contributed by atoms with van der Waals surface area (Å²) in [5.41, 5.74) is 2.44. The summed E-state index contributed by atoms with van der Waals surface area (Å²) in [6, 6.07) is 12.9. The number of aromatic amines is 1. The minimum atomic E-state index is -0.451. The maximum atomic E-state index is 11.8. The van der Waals surface area contributed by atoms with E-state index in [2.05, 4.69) is 20.4 Å². The lowest BCUT2D eigenvalue weighted by Crippen LogP contribution is -2.04. The van der Waals surface area contributed by atoms with Crippen LogP contribution in [-0.2, 0) is 4.74 Å². The molecular formula is C19H16N6O4. The molecule has 0 bridgehead atoms. The summed E-state index contributed by atoms with van der Waals surface area (Å²) >= 11 is 0. The molecule has 146 valence electrons. The largest absolute Gasteiger partial charge is 0.462 e. The monoisotopic (exact) mass is 392 g/mol. The van der Waals surface area contributed by atoms with Crippen LogP contribution < -0.4 is 5.32 Å². The fourth-order valence-corrected chi connectivity index (χ4v) is 2.86. The molecule has 0 unspecified atom stereocenters. The third-order valence-electron chi connectivity index (χ3n) is 4.24. The van der Waals surface area contributed by atoms with Gasteiger partial charge in [-0.2, -0.15) is 0 Å². The standard InChI is InChI=1S/C19H16N6O4/c1-2-29-18(26)13-3-7-14(8-4-13)22-17-16(23-19-20-11-21-24(17)19)12-5-9-15(10-6-12)25(27)28/h3-11,22H,2H2,1H3,(H,20,21,23). The Bertz CT molecular complexity index is 1180. The lowest BCUT2D eigenvalue weighted by Gasteiger charge is -2.09. The molecule has 10 nitrogen and oxygen atoms in total. The van der Waals surface area contributed by atoms with Gasteiger partial charge in [-0.3, -0.25) is 15.2 Å². The summed E-state index contributed by atoms with van der Waals surface area (Å²) in [5.74, 6) is 0.671. The van der Waals surface area contributed by atoms with Crippen LogP contribution in [-0.4, -0.2) is 37.1 Å². The summed E-state index contributed by atoms with van der Waals surface area (Å²) in [6.07, 6.45) is 1.51. The van der Waals surface area contributed by atoms with Crippen LogP contribution in [0.25, 0.3) is 17.0 Å². The van der Waals surface area contributed by atoms with Gasteiger partial charge in [0.25, 0.3) is 11.5 Å². The molecule has 10 heteroatoms. The highest BCUT2D eigenvalue weighted by molar-refractivity contribution is 5.90. The molecule has 4 aromatic rings. The molecule has 0 saturated carbocycles. The molecule has 0 atom stereocenters. The molecule has 0 aliphatic heterocycles. The number of nitrogens with zero attached hydrogens (tertiary/aromatic N) is 4. The van der Waals surface area contributed by atoms with E-state index in [9.17, 15) is 14.9 Å². The maximum absolute atomic E-state index is 11.8. The summed E-state index contributed by atoms with van der Waals surface area (Å²) in [5, 5.41) is 17.1. The Hall–Kier alpha value is -4.21. The number of nitro groups is 1. The van der Waals surface area contributed by atoms with Gasteiger partial charge < -0.3 is 10.1 Å². The topological polar surface area (TPSA) is 127 Å². The highest BCUT2D eigenvalue weighted by Gasteiger charge is 2.17. The van der Waals surface area contributed by atoms with Crippen molar-refractivity contribution >= 4 is 28.9 Å². The smallest absolute Gasteiger partial charge is 0.338 e. The van der Waals surface area contributed by atoms with Crippen LogP contribution in [0.1, 0.15) is 17.3 Å². The predicted octanol–water partition coefficient (Wildman–Crippen LogP) is 3.55. The molecule has 0 spiro atoms. The summed E-state index contributed by atoms with van der Waals surface area (Å²) in [6.45, 7) is 2.06. The van der Waals surface area contributed by atoms with Crippen LogP contribution in [0.3, 0.4) is 0 Å². The average Bonchev–Trinajstić information content (AvgIpc) is 3.31. The Morgan fingerprint density at radius 3 is 2.59 bits per heavy atom. The van der Waals surface area contributed by atoms with Gasteiger partial charge in [-0.25, -0.2) is 19.3 Å². The third-order valence-corrected chi connectivity index (χ3v) is 4.24. The lowest BCUT2D eigenvalue weighted by atomic mass is 10.1. The van der Waals surface area contributed by atoms with E-state index in [-0.39, 0.29) is 11.7 Å². The van der Waals surface area contributed by atoms with Gasteiger partial charge in [-0.1, -0.05) is 0 Å². The molecule has 2 aromatic heterocycles. The molecule has 0 aliphatic carbocycles. The first-order valence-electron chi connectivity index (χ1n) is 8.77. The van der Waals surface area contributed by atoms with Crippen molar-refractivity contribution in [2.45, 2.75) is 6.92 Å².